The zero-order valence-electron chi connectivity index (χ0n) is 20.9. The third-order valence-electron chi connectivity index (χ3n) is 7.05. The van der Waals surface area contributed by atoms with Gasteiger partial charge in [-0.1, -0.05) is 24.3 Å². The Morgan fingerprint density at radius 1 is 1.08 bits per heavy atom. The summed E-state index contributed by atoms with van der Waals surface area (Å²) in [5.74, 6) is 1.56. The number of nitrogens with one attached hydrogen (secondary N) is 1. The average Bonchev–Trinajstić information content (AvgIpc) is 3.47. The van der Waals surface area contributed by atoms with Crippen LogP contribution >= 0.6 is 0 Å². The number of carbonyl (C=O) groups is 1. The number of anilines is 2. The van der Waals surface area contributed by atoms with Crippen molar-refractivity contribution in [2.75, 3.05) is 50.6 Å². The van der Waals surface area contributed by atoms with Crippen LogP contribution in [0.2, 0.25) is 0 Å². The fourth-order valence-electron chi connectivity index (χ4n) is 4.86. The molecule has 1 atom stereocenters. The second kappa shape index (κ2) is 9.63. The molecule has 0 saturated carbocycles. The third kappa shape index (κ3) is 4.63. The first-order valence-electron chi connectivity index (χ1n) is 12.4. The lowest BCUT2D eigenvalue weighted by Crippen LogP contribution is -2.44. The number of rotatable bonds is 5. The van der Waals surface area contributed by atoms with E-state index in [0.717, 1.165) is 65.8 Å². The number of methoxy groups -OCH3 is 1. The van der Waals surface area contributed by atoms with Crippen LogP contribution < -0.4 is 15.0 Å². The van der Waals surface area contributed by atoms with E-state index in [9.17, 15) is 4.79 Å². The number of carbonyl (C=O) groups excluding carboxylic acids is 1. The van der Waals surface area contributed by atoms with Crippen molar-refractivity contribution < 1.29 is 9.53 Å². The SMILES string of the molecule is COc1ccc2c(c1)/C(=C/C1C=CC3=C(/C=C/c4ccc(N5CCN(C)CC5)nc4)N=NC3=C1)C(=O)N2. The van der Waals surface area contributed by atoms with Gasteiger partial charge in [0.1, 0.15) is 11.6 Å². The summed E-state index contributed by atoms with van der Waals surface area (Å²) in [6.07, 6.45) is 14.0. The standard InChI is InChI=1S/C29H28N6O2/c1-34-11-13-35(14-12-34)28-10-5-19(18-30-28)4-8-26-22-7-3-20(16-27(22)33-32-26)15-24-23-17-21(37-2)6-9-25(23)31-29(24)36/h3-10,15-18,20H,11-14H2,1-2H3,(H,31,36)/b8-4+,24-15-. The van der Waals surface area contributed by atoms with Crippen molar-refractivity contribution in [2.45, 2.75) is 0 Å². The van der Waals surface area contributed by atoms with Crippen molar-refractivity contribution in [1.29, 1.82) is 0 Å². The molecular weight excluding hydrogens is 464 g/mol. The zero-order chi connectivity index (χ0) is 25.4. The Hall–Kier alpha value is -4.30. The van der Waals surface area contributed by atoms with Gasteiger partial charge in [0.2, 0.25) is 0 Å². The molecule has 1 aromatic heterocycles. The van der Waals surface area contributed by atoms with Gasteiger partial charge in [-0.3, -0.25) is 4.79 Å². The third-order valence-corrected chi connectivity index (χ3v) is 7.05. The fourth-order valence-corrected chi connectivity index (χ4v) is 4.86. The van der Waals surface area contributed by atoms with Gasteiger partial charge < -0.3 is 19.9 Å². The quantitative estimate of drug-likeness (QED) is 0.613. The summed E-state index contributed by atoms with van der Waals surface area (Å²) in [6, 6.07) is 9.75. The average molecular weight is 493 g/mol. The van der Waals surface area contributed by atoms with Crippen molar-refractivity contribution in [3.05, 3.63) is 95.0 Å². The van der Waals surface area contributed by atoms with E-state index in [1.807, 2.05) is 54.8 Å². The molecule has 0 spiro atoms. The highest BCUT2D eigenvalue weighted by Crippen LogP contribution is 2.38. The molecule has 8 nitrogen and oxygen atoms in total. The minimum Gasteiger partial charge on any atom is -0.497 e. The molecule has 1 saturated heterocycles. The number of benzene rings is 1. The van der Waals surface area contributed by atoms with Crippen LogP contribution in [-0.2, 0) is 4.79 Å². The number of piperazine rings is 1. The fraction of sp³-hybridized carbons (Fsp3) is 0.241. The van der Waals surface area contributed by atoms with E-state index >= 15 is 0 Å². The Labute approximate surface area is 216 Å². The van der Waals surface area contributed by atoms with Crippen LogP contribution in [0.5, 0.6) is 5.75 Å². The summed E-state index contributed by atoms with van der Waals surface area (Å²) in [6.45, 7) is 4.11. The van der Waals surface area contributed by atoms with Crippen LogP contribution in [-0.4, -0.2) is 56.1 Å². The van der Waals surface area contributed by atoms with Gasteiger partial charge in [-0.2, -0.15) is 5.11 Å². The lowest BCUT2D eigenvalue weighted by atomic mass is 9.93. The molecule has 2 aromatic rings. The lowest BCUT2D eigenvalue weighted by Gasteiger charge is -2.33. The second-order valence-electron chi connectivity index (χ2n) is 9.51. The number of azo groups is 1. The predicted molar refractivity (Wildman–Crippen MR) is 145 cm³/mol. The molecule has 1 fully saturated rings. The molecule has 3 aliphatic heterocycles. The Morgan fingerprint density at radius 2 is 1.95 bits per heavy atom. The summed E-state index contributed by atoms with van der Waals surface area (Å²) in [7, 11) is 3.77. The molecule has 1 amide bonds. The number of fused-ring (bicyclic) bond motifs is 2. The number of ether oxygens (including phenoxy) is 1. The van der Waals surface area contributed by atoms with Gasteiger partial charge in [0.15, 0.2) is 0 Å². The smallest absolute Gasteiger partial charge is 0.256 e. The topological polar surface area (TPSA) is 82.4 Å². The van der Waals surface area contributed by atoms with Crippen molar-refractivity contribution in [3.8, 4) is 5.75 Å². The van der Waals surface area contributed by atoms with Gasteiger partial charge in [-0.25, -0.2) is 4.98 Å². The molecule has 4 aliphatic rings. The number of hydrogen-bond acceptors (Lipinski definition) is 7. The van der Waals surface area contributed by atoms with Crippen molar-refractivity contribution in [1.82, 2.24) is 9.88 Å². The monoisotopic (exact) mass is 492 g/mol. The van der Waals surface area contributed by atoms with E-state index in [-0.39, 0.29) is 11.8 Å². The predicted octanol–water partition coefficient (Wildman–Crippen LogP) is 4.68. The van der Waals surface area contributed by atoms with Crippen LogP contribution in [0.3, 0.4) is 0 Å². The van der Waals surface area contributed by atoms with Crippen LogP contribution in [0.15, 0.2) is 94.1 Å². The van der Waals surface area contributed by atoms with E-state index in [2.05, 4.69) is 55.6 Å². The summed E-state index contributed by atoms with van der Waals surface area (Å²) >= 11 is 0. The largest absolute Gasteiger partial charge is 0.497 e. The Bertz CT molecular complexity index is 1420. The molecule has 8 heteroatoms. The van der Waals surface area contributed by atoms with E-state index in [0.29, 0.717) is 11.3 Å². The zero-order valence-corrected chi connectivity index (χ0v) is 20.9. The number of aromatic nitrogens is 1. The number of nitrogens with zero attached hydrogens (tertiary/aromatic N) is 5. The minimum absolute atomic E-state index is 0.0646. The Kier molecular flexibility index (Phi) is 6.02. The maximum Gasteiger partial charge on any atom is 0.256 e. The molecule has 1 aromatic carbocycles. The molecule has 37 heavy (non-hydrogen) atoms. The van der Waals surface area contributed by atoms with Gasteiger partial charge in [-0.15, -0.1) is 5.11 Å². The highest BCUT2D eigenvalue weighted by molar-refractivity contribution is 6.31. The summed E-state index contributed by atoms with van der Waals surface area (Å²) in [5.41, 5.74) is 5.90. The van der Waals surface area contributed by atoms with Gasteiger partial charge >= 0.3 is 0 Å². The number of pyridine rings is 1. The normalized spacial score (nSPS) is 22.1. The summed E-state index contributed by atoms with van der Waals surface area (Å²) < 4.78 is 5.33. The highest BCUT2D eigenvalue weighted by atomic mass is 16.5. The number of amides is 1. The molecule has 1 aliphatic carbocycles. The van der Waals surface area contributed by atoms with E-state index < -0.39 is 0 Å². The first-order valence-corrected chi connectivity index (χ1v) is 12.4. The van der Waals surface area contributed by atoms with Crippen molar-refractivity contribution in [2.24, 2.45) is 16.1 Å². The molecule has 0 radical (unpaired) electrons. The molecule has 4 heterocycles. The van der Waals surface area contributed by atoms with Gasteiger partial charge in [0.25, 0.3) is 5.91 Å². The van der Waals surface area contributed by atoms with Gasteiger partial charge in [-0.05, 0) is 55.1 Å². The van der Waals surface area contributed by atoms with Crippen molar-refractivity contribution in [3.63, 3.8) is 0 Å². The molecule has 1 unspecified atom stereocenters. The number of hydrogen-bond donors (Lipinski definition) is 1. The second-order valence-corrected chi connectivity index (χ2v) is 9.51. The summed E-state index contributed by atoms with van der Waals surface area (Å²) in [4.78, 5) is 21.9. The number of likely N-dealkylation sites (N-methyl/N-ethyl adjacent to an activating group) is 1. The Balaban J connectivity index is 1.17. The van der Waals surface area contributed by atoms with Crippen molar-refractivity contribution >= 4 is 29.1 Å². The summed E-state index contributed by atoms with van der Waals surface area (Å²) in [5, 5.41) is 11.7. The minimum atomic E-state index is -0.111. The van der Waals surface area contributed by atoms with Gasteiger partial charge in [0, 0.05) is 60.7 Å². The molecule has 0 bridgehead atoms. The molecule has 6 rings (SSSR count). The van der Waals surface area contributed by atoms with Crippen LogP contribution in [0.25, 0.3) is 11.6 Å². The molecule has 1 N–H and O–H groups in total. The number of allylic oxidation sites excluding steroid dienone is 5. The van der Waals surface area contributed by atoms with Crippen LogP contribution in [0.4, 0.5) is 11.5 Å². The Morgan fingerprint density at radius 3 is 2.73 bits per heavy atom. The van der Waals surface area contributed by atoms with E-state index in [1.54, 1.807) is 7.11 Å². The lowest BCUT2D eigenvalue weighted by molar-refractivity contribution is -0.110. The van der Waals surface area contributed by atoms with E-state index in [4.69, 9.17) is 4.74 Å². The first kappa shape index (κ1) is 23.1. The van der Waals surface area contributed by atoms with Crippen LogP contribution in [0.1, 0.15) is 11.1 Å². The van der Waals surface area contributed by atoms with Gasteiger partial charge in [0.05, 0.1) is 18.5 Å². The maximum absolute atomic E-state index is 12.6. The van der Waals surface area contributed by atoms with E-state index in [1.165, 1.54) is 0 Å². The first-order chi connectivity index (χ1) is 18.1. The van der Waals surface area contributed by atoms with Crippen LogP contribution in [0, 0.1) is 5.92 Å². The molecule has 186 valence electrons. The maximum atomic E-state index is 12.6. The molecular formula is C29H28N6O2. The highest BCUT2D eigenvalue weighted by Gasteiger charge is 2.26.